The molecule has 0 amide bonds. The van der Waals surface area contributed by atoms with E-state index in [1.807, 2.05) is 6.07 Å². The van der Waals surface area contributed by atoms with Gasteiger partial charge in [-0.25, -0.2) is 0 Å². The third-order valence-electron chi connectivity index (χ3n) is 1.79. The molecule has 0 aliphatic rings. The number of rotatable bonds is 4. The van der Waals surface area contributed by atoms with Crippen LogP contribution in [0.4, 0.5) is 0 Å². The summed E-state index contributed by atoms with van der Waals surface area (Å²) in [4.78, 5) is 0. The SMILES string of the molecule is CCC/C=C\C=C\c1ccccc1. The molecule has 1 rings (SSSR count). The van der Waals surface area contributed by atoms with E-state index in [4.69, 9.17) is 0 Å². The first-order chi connectivity index (χ1) is 6.43. The van der Waals surface area contributed by atoms with Crippen molar-refractivity contribution in [1.82, 2.24) is 0 Å². The van der Waals surface area contributed by atoms with Crippen molar-refractivity contribution < 1.29 is 0 Å². The zero-order valence-corrected chi connectivity index (χ0v) is 8.11. The zero-order chi connectivity index (χ0) is 9.36. The molecule has 1 aromatic rings. The molecule has 0 heterocycles. The quantitative estimate of drug-likeness (QED) is 0.601. The number of allylic oxidation sites excluding steroid dienone is 3. The normalized spacial score (nSPS) is 11.5. The summed E-state index contributed by atoms with van der Waals surface area (Å²) >= 11 is 0. The second-order valence-electron chi connectivity index (χ2n) is 2.99. The molecular weight excluding hydrogens is 156 g/mol. The van der Waals surface area contributed by atoms with Gasteiger partial charge in [0.2, 0.25) is 0 Å². The van der Waals surface area contributed by atoms with Crippen molar-refractivity contribution in [3.63, 3.8) is 0 Å². The van der Waals surface area contributed by atoms with Crippen LogP contribution in [0.3, 0.4) is 0 Å². The Morgan fingerprint density at radius 2 is 1.85 bits per heavy atom. The van der Waals surface area contributed by atoms with Crippen molar-refractivity contribution in [2.75, 3.05) is 0 Å². The van der Waals surface area contributed by atoms with Crippen molar-refractivity contribution in [3.8, 4) is 0 Å². The van der Waals surface area contributed by atoms with Crippen LogP contribution in [0.2, 0.25) is 0 Å². The van der Waals surface area contributed by atoms with E-state index in [0.717, 1.165) is 0 Å². The van der Waals surface area contributed by atoms with Gasteiger partial charge in [0.05, 0.1) is 0 Å². The first-order valence-corrected chi connectivity index (χ1v) is 4.81. The third-order valence-corrected chi connectivity index (χ3v) is 1.79. The van der Waals surface area contributed by atoms with Gasteiger partial charge in [0.1, 0.15) is 0 Å². The Bertz CT molecular complexity index is 267. The average Bonchev–Trinajstić information content (AvgIpc) is 2.19. The van der Waals surface area contributed by atoms with Crippen molar-refractivity contribution in [3.05, 3.63) is 54.1 Å². The molecule has 0 aromatic heterocycles. The summed E-state index contributed by atoms with van der Waals surface area (Å²) in [5, 5.41) is 0. The zero-order valence-electron chi connectivity index (χ0n) is 8.11. The molecule has 0 aliphatic heterocycles. The Kier molecular flexibility index (Phi) is 4.70. The van der Waals surface area contributed by atoms with Crippen LogP contribution in [-0.2, 0) is 0 Å². The molecular formula is C13H16. The highest BCUT2D eigenvalue weighted by Crippen LogP contribution is 2.01. The van der Waals surface area contributed by atoms with Gasteiger partial charge in [-0.2, -0.15) is 0 Å². The highest BCUT2D eigenvalue weighted by atomic mass is 13.8. The summed E-state index contributed by atoms with van der Waals surface area (Å²) in [7, 11) is 0. The Balaban J connectivity index is 2.41. The minimum Gasteiger partial charge on any atom is -0.0845 e. The predicted octanol–water partition coefficient (Wildman–Crippen LogP) is 4.06. The van der Waals surface area contributed by atoms with Crippen LogP contribution in [-0.4, -0.2) is 0 Å². The lowest BCUT2D eigenvalue weighted by Crippen LogP contribution is -1.66. The first kappa shape index (κ1) is 9.79. The number of hydrogen-bond donors (Lipinski definition) is 0. The second kappa shape index (κ2) is 6.24. The lowest BCUT2D eigenvalue weighted by atomic mass is 10.2. The minimum absolute atomic E-state index is 1.17. The van der Waals surface area contributed by atoms with Gasteiger partial charge in [-0.05, 0) is 12.0 Å². The molecule has 0 radical (unpaired) electrons. The lowest BCUT2D eigenvalue weighted by Gasteiger charge is -1.88. The van der Waals surface area contributed by atoms with Gasteiger partial charge >= 0.3 is 0 Å². The average molecular weight is 172 g/mol. The van der Waals surface area contributed by atoms with E-state index in [1.54, 1.807) is 0 Å². The molecule has 0 nitrogen and oxygen atoms in total. The van der Waals surface area contributed by atoms with E-state index in [-0.39, 0.29) is 0 Å². The Morgan fingerprint density at radius 3 is 2.54 bits per heavy atom. The maximum absolute atomic E-state index is 2.19. The maximum atomic E-state index is 2.19. The Hall–Kier alpha value is -1.30. The standard InChI is InChI=1S/C13H16/c1-2-3-4-5-7-10-13-11-8-6-9-12-13/h4-12H,2-3H2,1H3/b5-4-,10-7+. The van der Waals surface area contributed by atoms with Gasteiger partial charge in [0.15, 0.2) is 0 Å². The highest BCUT2D eigenvalue weighted by molar-refractivity contribution is 5.50. The van der Waals surface area contributed by atoms with Crippen LogP contribution in [0, 0.1) is 0 Å². The Labute approximate surface area is 80.6 Å². The van der Waals surface area contributed by atoms with Gasteiger partial charge in [-0.15, -0.1) is 0 Å². The smallest absolute Gasteiger partial charge is 0.0257 e. The van der Waals surface area contributed by atoms with Crippen molar-refractivity contribution in [1.29, 1.82) is 0 Å². The molecule has 0 N–H and O–H groups in total. The predicted molar refractivity (Wildman–Crippen MR) is 59.5 cm³/mol. The van der Waals surface area contributed by atoms with E-state index >= 15 is 0 Å². The molecule has 0 atom stereocenters. The van der Waals surface area contributed by atoms with Gasteiger partial charge in [0, 0.05) is 0 Å². The molecule has 0 heteroatoms. The summed E-state index contributed by atoms with van der Waals surface area (Å²) in [6.45, 7) is 2.19. The van der Waals surface area contributed by atoms with E-state index in [2.05, 4.69) is 55.5 Å². The summed E-state index contributed by atoms with van der Waals surface area (Å²) in [5.74, 6) is 0. The van der Waals surface area contributed by atoms with Gasteiger partial charge in [-0.3, -0.25) is 0 Å². The third kappa shape index (κ3) is 4.32. The van der Waals surface area contributed by atoms with Crippen LogP contribution in [0.5, 0.6) is 0 Å². The van der Waals surface area contributed by atoms with Crippen LogP contribution >= 0.6 is 0 Å². The van der Waals surface area contributed by atoms with Crippen molar-refractivity contribution in [2.45, 2.75) is 19.8 Å². The maximum Gasteiger partial charge on any atom is -0.0257 e. The van der Waals surface area contributed by atoms with Gasteiger partial charge in [-0.1, -0.05) is 68.0 Å². The summed E-state index contributed by atoms with van der Waals surface area (Å²) in [6.07, 6.45) is 10.9. The fraction of sp³-hybridized carbons (Fsp3) is 0.231. The number of benzene rings is 1. The fourth-order valence-electron chi connectivity index (χ4n) is 1.07. The topological polar surface area (TPSA) is 0 Å². The molecule has 0 saturated heterocycles. The monoisotopic (exact) mass is 172 g/mol. The van der Waals surface area contributed by atoms with E-state index in [9.17, 15) is 0 Å². The van der Waals surface area contributed by atoms with Crippen LogP contribution in [0.15, 0.2) is 48.6 Å². The molecule has 13 heavy (non-hydrogen) atoms. The fourth-order valence-corrected chi connectivity index (χ4v) is 1.07. The molecule has 0 fully saturated rings. The number of unbranched alkanes of at least 4 members (excludes halogenated alkanes) is 1. The van der Waals surface area contributed by atoms with Gasteiger partial charge < -0.3 is 0 Å². The van der Waals surface area contributed by atoms with Crippen molar-refractivity contribution in [2.24, 2.45) is 0 Å². The molecule has 0 aliphatic carbocycles. The summed E-state index contributed by atoms with van der Waals surface area (Å²) in [6, 6.07) is 10.3. The van der Waals surface area contributed by atoms with Crippen LogP contribution in [0.25, 0.3) is 6.08 Å². The molecule has 0 bridgehead atoms. The van der Waals surface area contributed by atoms with E-state index in [1.165, 1.54) is 18.4 Å². The van der Waals surface area contributed by atoms with E-state index in [0.29, 0.717) is 0 Å². The minimum atomic E-state index is 1.17. The second-order valence-corrected chi connectivity index (χ2v) is 2.99. The first-order valence-electron chi connectivity index (χ1n) is 4.81. The number of hydrogen-bond acceptors (Lipinski definition) is 0. The molecule has 0 spiro atoms. The molecule has 1 aromatic carbocycles. The largest absolute Gasteiger partial charge is 0.0845 e. The van der Waals surface area contributed by atoms with Crippen LogP contribution < -0.4 is 0 Å². The van der Waals surface area contributed by atoms with E-state index < -0.39 is 0 Å². The van der Waals surface area contributed by atoms with Crippen molar-refractivity contribution >= 4 is 6.08 Å². The molecule has 0 saturated carbocycles. The lowest BCUT2D eigenvalue weighted by molar-refractivity contribution is 0.959. The van der Waals surface area contributed by atoms with Gasteiger partial charge in [0.25, 0.3) is 0 Å². The molecule has 68 valence electrons. The summed E-state index contributed by atoms with van der Waals surface area (Å²) < 4.78 is 0. The Morgan fingerprint density at radius 1 is 1.08 bits per heavy atom. The summed E-state index contributed by atoms with van der Waals surface area (Å²) in [5.41, 5.74) is 1.25. The van der Waals surface area contributed by atoms with Crippen LogP contribution in [0.1, 0.15) is 25.3 Å². The molecule has 0 unspecified atom stereocenters. The highest BCUT2D eigenvalue weighted by Gasteiger charge is 1.79.